The second-order valence-electron chi connectivity index (χ2n) is 11.3. The van der Waals surface area contributed by atoms with Gasteiger partial charge >= 0.3 is 5.97 Å². The van der Waals surface area contributed by atoms with Crippen LogP contribution in [0.1, 0.15) is 49.4 Å². The molecular formula is C32H40N6O4. The Morgan fingerprint density at radius 2 is 1.90 bits per heavy atom. The van der Waals surface area contributed by atoms with Crippen LogP contribution < -0.4 is 11.1 Å². The average molecular weight is 573 g/mol. The molecule has 2 saturated heterocycles. The fourth-order valence-corrected chi connectivity index (χ4v) is 6.57. The zero-order chi connectivity index (χ0) is 29.8. The maximum Gasteiger partial charge on any atom is 0.317 e. The van der Waals surface area contributed by atoms with Crippen molar-refractivity contribution in [1.29, 1.82) is 5.41 Å². The Bertz CT molecular complexity index is 1470. The van der Waals surface area contributed by atoms with Gasteiger partial charge in [-0.2, -0.15) is 0 Å². The quantitative estimate of drug-likeness (QED) is 0.194. The van der Waals surface area contributed by atoms with Crippen molar-refractivity contribution in [2.45, 2.75) is 70.1 Å². The number of aromatic nitrogens is 1. The highest BCUT2D eigenvalue weighted by molar-refractivity contribution is 5.98. The van der Waals surface area contributed by atoms with E-state index >= 15 is 0 Å². The normalized spacial score (nSPS) is 19.5. The van der Waals surface area contributed by atoms with Crippen molar-refractivity contribution >= 4 is 34.5 Å². The van der Waals surface area contributed by atoms with Crippen molar-refractivity contribution in [3.63, 3.8) is 0 Å². The van der Waals surface area contributed by atoms with E-state index in [0.717, 1.165) is 48.7 Å². The fourth-order valence-electron chi connectivity index (χ4n) is 6.57. The number of amides is 2. The van der Waals surface area contributed by atoms with Gasteiger partial charge in [-0.25, -0.2) is 0 Å². The molecule has 3 aromatic rings. The SMILES string of the molecule is CCn1c(CC[C@@H]2CCCN2C(=O)[C@H](Cc2ccccc2)N2CC[C@H](NCC(=O)O)C2=O)cc2ccc(C(=N)N)cc21. The molecule has 3 atom stereocenters. The van der Waals surface area contributed by atoms with Gasteiger partial charge in [-0.3, -0.25) is 25.1 Å². The van der Waals surface area contributed by atoms with Gasteiger partial charge in [0.2, 0.25) is 11.8 Å². The van der Waals surface area contributed by atoms with Crippen molar-refractivity contribution in [3.05, 3.63) is 71.4 Å². The van der Waals surface area contributed by atoms with Gasteiger partial charge < -0.3 is 25.2 Å². The molecule has 5 rings (SSSR count). The number of carboxylic acid groups (broad SMARTS) is 1. The van der Waals surface area contributed by atoms with Crippen LogP contribution in [0.15, 0.2) is 54.6 Å². The van der Waals surface area contributed by atoms with Crippen molar-refractivity contribution in [2.24, 2.45) is 5.73 Å². The Hall–Kier alpha value is -4.18. The van der Waals surface area contributed by atoms with Gasteiger partial charge in [0.25, 0.3) is 0 Å². The number of aliphatic carboxylic acids is 1. The number of hydrogen-bond donors (Lipinski definition) is 4. The number of carbonyl (C=O) groups excluding carboxylic acids is 2. The number of likely N-dealkylation sites (tertiary alicyclic amines) is 2. The van der Waals surface area contributed by atoms with Crippen LogP contribution in [0.25, 0.3) is 10.9 Å². The van der Waals surface area contributed by atoms with Gasteiger partial charge in [-0.1, -0.05) is 42.5 Å². The van der Waals surface area contributed by atoms with Gasteiger partial charge in [0.1, 0.15) is 11.9 Å². The molecule has 10 nitrogen and oxygen atoms in total. The molecule has 3 heterocycles. The maximum absolute atomic E-state index is 14.2. The van der Waals surface area contributed by atoms with Crippen molar-refractivity contribution in [2.75, 3.05) is 19.6 Å². The molecule has 222 valence electrons. The van der Waals surface area contributed by atoms with E-state index in [-0.39, 0.29) is 30.2 Å². The number of nitrogens with two attached hydrogens (primary N) is 1. The molecule has 2 amide bonds. The topological polar surface area (TPSA) is 145 Å². The smallest absolute Gasteiger partial charge is 0.317 e. The Morgan fingerprint density at radius 3 is 2.62 bits per heavy atom. The first-order valence-corrected chi connectivity index (χ1v) is 14.8. The summed E-state index contributed by atoms with van der Waals surface area (Å²) in [6.45, 7) is 3.68. The third-order valence-corrected chi connectivity index (χ3v) is 8.68. The summed E-state index contributed by atoms with van der Waals surface area (Å²) in [4.78, 5) is 42.3. The van der Waals surface area contributed by atoms with E-state index in [9.17, 15) is 14.4 Å². The molecule has 2 aliphatic heterocycles. The van der Waals surface area contributed by atoms with Crippen LogP contribution in [0, 0.1) is 5.41 Å². The highest BCUT2D eigenvalue weighted by Crippen LogP contribution is 2.28. The molecule has 2 aromatic carbocycles. The molecule has 0 unspecified atom stereocenters. The van der Waals surface area contributed by atoms with E-state index in [1.54, 1.807) is 4.90 Å². The molecule has 2 fully saturated rings. The predicted octanol–water partition coefficient (Wildman–Crippen LogP) is 2.76. The van der Waals surface area contributed by atoms with Gasteiger partial charge in [-0.15, -0.1) is 0 Å². The number of amidine groups is 1. The molecule has 0 saturated carbocycles. The molecule has 0 bridgehead atoms. The van der Waals surface area contributed by atoms with E-state index in [2.05, 4.69) is 22.9 Å². The molecule has 42 heavy (non-hydrogen) atoms. The lowest BCUT2D eigenvalue weighted by Crippen LogP contribution is -2.53. The summed E-state index contributed by atoms with van der Waals surface area (Å²) < 4.78 is 2.26. The summed E-state index contributed by atoms with van der Waals surface area (Å²) in [6, 6.07) is 16.6. The Labute approximate surface area is 246 Å². The van der Waals surface area contributed by atoms with Gasteiger partial charge in [0.05, 0.1) is 12.6 Å². The summed E-state index contributed by atoms with van der Waals surface area (Å²) in [7, 11) is 0. The number of nitrogens with one attached hydrogen (secondary N) is 2. The summed E-state index contributed by atoms with van der Waals surface area (Å²) >= 11 is 0. The third kappa shape index (κ3) is 6.18. The number of fused-ring (bicyclic) bond motifs is 1. The zero-order valence-corrected chi connectivity index (χ0v) is 24.1. The van der Waals surface area contributed by atoms with Crippen molar-refractivity contribution < 1.29 is 19.5 Å². The second-order valence-corrected chi connectivity index (χ2v) is 11.3. The first-order chi connectivity index (χ1) is 20.3. The molecular weight excluding hydrogens is 532 g/mol. The lowest BCUT2D eigenvalue weighted by Gasteiger charge is -2.34. The summed E-state index contributed by atoms with van der Waals surface area (Å²) in [6.07, 6.45) is 4.35. The van der Waals surface area contributed by atoms with E-state index < -0.39 is 18.1 Å². The Kier molecular flexibility index (Phi) is 8.91. The van der Waals surface area contributed by atoms with Crippen LogP contribution in [0.5, 0.6) is 0 Å². The number of rotatable bonds is 12. The first kappa shape index (κ1) is 29.3. The molecule has 2 aliphatic rings. The number of carbonyl (C=O) groups is 3. The van der Waals surface area contributed by atoms with Crippen LogP contribution in [-0.2, 0) is 33.8 Å². The highest BCUT2D eigenvalue weighted by Gasteiger charge is 2.42. The lowest BCUT2D eigenvalue weighted by molar-refractivity contribution is -0.145. The van der Waals surface area contributed by atoms with Crippen LogP contribution in [0.4, 0.5) is 0 Å². The van der Waals surface area contributed by atoms with Crippen molar-refractivity contribution in [1.82, 2.24) is 19.7 Å². The standard InChI is InChI=1S/C32H40N6O4/c1-2-36-25(18-22-10-11-23(30(33)34)19-27(22)36)13-12-24-9-6-15-37(24)32(42)28(17-21-7-4-3-5-8-21)38-16-14-26(31(38)41)35-20-29(39)40/h3-5,7-8,10-11,18-19,24,26,28,35H,2,6,9,12-17,20H2,1H3,(H3,33,34)(H,39,40)/t24-,26-,28-/m0/s1. The number of benzene rings is 2. The first-order valence-electron chi connectivity index (χ1n) is 14.8. The average Bonchev–Trinajstić information content (AvgIpc) is 3.69. The molecule has 1 aromatic heterocycles. The van der Waals surface area contributed by atoms with E-state index in [0.29, 0.717) is 31.5 Å². The minimum Gasteiger partial charge on any atom is -0.480 e. The second kappa shape index (κ2) is 12.8. The molecule has 0 spiro atoms. The van der Waals surface area contributed by atoms with Gasteiger partial charge in [-0.05, 0) is 62.1 Å². The summed E-state index contributed by atoms with van der Waals surface area (Å²) in [5.41, 5.74) is 9.67. The maximum atomic E-state index is 14.2. The zero-order valence-electron chi connectivity index (χ0n) is 24.1. The largest absolute Gasteiger partial charge is 0.480 e. The van der Waals surface area contributed by atoms with Gasteiger partial charge in [0, 0.05) is 48.9 Å². The molecule has 10 heteroatoms. The summed E-state index contributed by atoms with van der Waals surface area (Å²) in [5.74, 6) is -1.21. The Morgan fingerprint density at radius 1 is 1.12 bits per heavy atom. The number of nitrogens with zero attached hydrogens (tertiary/aromatic N) is 3. The number of aryl methyl sites for hydroxylation is 2. The van der Waals surface area contributed by atoms with Crippen LogP contribution in [0.3, 0.4) is 0 Å². The van der Waals surface area contributed by atoms with Crippen molar-refractivity contribution in [3.8, 4) is 0 Å². The number of carboxylic acids is 1. The van der Waals surface area contributed by atoms with E-state index in [1.807, 2.05) is 53.4 Å². The minimum atomic E-state index is -1.01. The Balaban J connectivity index is 1.34. The van der Waals surface area contributed by atoms with E-state index in [1.165, 1.54) is 5.69 Å². The molecule has 0 radical (unpaired) electrons. The highest BCUT2D eigenvalue weighted by atomic mass is 16.4. The van der Waals surface area contributed by atoms with Crippen LogP contribution in [0.2, 0.25) is 0 Å². The fraction of sp³-hybridized carbons (Fsp3) is 0.438. The third-order valence-electron chi connectivity index (χ3n) is 8.68. The monoisotopic (exact) mass is 572 g/mol. The number of hydrogen-bond acceptors (Lipinski definition) is 5. The van der Waals surface area contributed by atoms with E-state index in [4.69, 9.17) is 16.2 Å². The van der Waals surface area contributed by atoms with Crippen LogP contribution >= 0.6 is 0 Å². The minimum absolute atomic E-state index is 0.0317. The predicted molar refractivity (Wildman–Crippen MR) is 161 cm³/mol. The van der Waals surface area contributed by atoms with Crippen LogP contribution in [-0.4, -0.2) is 80.9 Å². The number of nitrogen functional groups attached to an aromatic ring is 1. The lowest BCUT2D eigenvalue weighted by atomic mass is 10.0. The summed E-state index contributed by atoms with van der Waals surface area (Å²) in [5, 5.41) is 20.8. The molecule has 0 aliphatic carbocycles. The van der Waals surface area contributed by atoms with Gasteiger partial charge in [0.15, 0.2) is 0 Å². The molecule has 5 N–H and O–H groups in total.